The van der Waals surface area contributed by atoms with E-state index in [0.29, 0.717) is 10.2 Å². The summed E-state index contributed by atoms with van der Waals surface area (Å²) in [4.78, 5) is 12.0. The monoisotopic (exact) mass is 373 g/mol. The number of hydrogen-bond donors (Lipinski definition) is 0. The van der Waals surface area contributed by atoms with Crippen molar-refractivity contribution in [3.05, 3.63) is 71.0 Å². The van der Waals surface area contributed by atoms with E-state index in [1.807, 2.05) is 60.0 Å². The number of carbonyl (C=O) groups is 1. The van der Waals surface area contributed by atoms with Gasteiger partial charge in [-0.3, -0.25) is 9.36 Å². The maximum Gasteiger partial charge on any atom is 0.316 e. The maximum atomic E-state index is 12.0. The number of benzene rings is 2. The van der Waals surface area contributed by atoms with E-state index in [4.69, 9.17) is 16.3 Å². The lowest BCUT2D eigenvalue weighted by molar-refractivity contribution is -0.141. The van der Waals surface area contributed by atoms with Crippen LogP contribution in [-0.4, -0.2) is 26.5 Å². The molecule has 25 heavy (non-hydrogen) atoms. The molecule has 3 rings (SSSR count). The smallest absolute Gasteiger partial charge is 0.316 e. The highest BCUT2D eigenvalue weighted by Gasteiger charge is 2.14. The first-order valence-electron chi connectivity index (χ1n) is 7.64. The number of carbonyl (C=O) groups excluding carboxylic acids is 1. The molecule has 0 bridgehead atoms. The molecule has 1 aromatic heterocycles. The van der Waals surface area contributed by atoms with Crippen molar-refractivity contribution in [2.75, 3.05) is 5.75 Å². The second-order valence-corrected chi connectivity index (χ2v) is 6.66. The molecule has 0 unspecified atom stereocenters. The molecule has 0 amide bonds. The third-order valence-corrected chi connectivity index (χ3v) is 4.56. The van der Waals surface area contributed by atoms with E-state index in [0.717, 1.165) is 17.1 Å². The molecule has 1 heterocycles. The summed E-state index contributed by atoms with van der Waals surface area (Å²) in [5.74, 6) is 0.584. The second-order valence-electron chi connectivity index (χ2n) is 5.28. The molecule has 0 saturated carbocycles. The first kappa shape index (κ1) is 17.5. The number of esters is 1. The van der Waals surface area contributed by atoms with Crippen LogP contribution in [0.2, 0.25) is 5.02 Å². The van der Waals surface area contributed by atoms with E-state index >= 15 is 0 Å². The average Bonchev–Trinajstić information content (AvgIpc) is 2.99. The van der Waals surface area contributed by atoms with Crippen LogP contribution in [0, 0.1) is 6.92 Å². The highest BCUT2D eigenvalue weighted by molar-refractivity contribution is 7.99. The third-order valence-electron chi connectivity index (χ3n) is 3.42. The van der Waals surface area contributed by atoms with Gasteiger partial charge in [0, 0.05) is 5.02 Å². The van der Waals surface area contributed by atoms with Crippen LogP contribution < -0.4 is 0 Å². The standard InChI is InChI=1S/C18H16ClN3O2S/c1-13-20-21-18(22(13)16-9-5-8-15(19)10-16)25-12-17(23)24-11-14-6-3-2-4-7-14/h2-10H,11-12H2,1H3. The van der Waals surface area contributed by atoms with Gasteiger partial charge in [0.15, 0.2) is 5.16 Å². The molecule has 0 aliphatic carbocycles. The van der Waals surface area contributed by atoms with Gasteiger partial charge in [0.05, 0.1) is 11.4 Å². The van der Waals surface area contributed by atoms with E-state index in [2.05, 4.69) is 10.2 Å². The fourth-order valence-corrected chi connectivity index (χ4v) is 3.23. The summed E-state index contributed by atoms with van der Waals surface area (Å²) in [6, 6.07) is 17.0. The Morgan fingerprint density at radius 1 is 1.16 bits per heavy atom. The first-order valence-corrected chi connectivity index (χ1v) is 9.00. The van der Waals surface area contributed by atoms with Gasteiger partial charge in [0.25, 0.3) is 0 Å². The summed E-state index contributed by atoms with van der Waals surface area (Å²) in [7, 11) is 0. The van der Waals surface area contributed by atoms with Crippen molar-refractivity contribution >= 4 is 29.3 Å². The van der Waals surface area contributed by atoms with Gasteiger partial charge in [-0.05, 0) is 30.7 Å². The van der Waals surface area contributed by atoms with Crippen LogP contribution in [-0.2, 0) is 16.1 Å². The van der Waals surface area contributed by atoms with Crippen LogP contribution in [0.5, 0.6) is 0 Å². The van der Waals surface area contributed by atoms with E-state index in [-0.39, 0.29) is 18.3 Å². The van der Waals surface area contributed by atoms with Crippen molar-refractivity contribution in [3.8, 4) is 5.69 Å². The fraction of sp³-hybridized carbons (Fsp3) is 0.167. The molecule has 0 spiro atoms. The Hall–Kier alpha value is -2.31. The Morgan fingerprint density at radius 3 is 2.72 bits per heavy atom. The lowest BCUT2D eigenvalue weighted by Crippen LogP contribution is -2.08. The van der Waals surface area contributed by atoms with Gasteiger partial charge >= 0.3 is 5.97 Å². The van der Waals surface area contributed by atoms with Crippen molar-refractivity contribution in [3.63, 3.8) is 0 Å². The molecule has 0 saturated heterocycles. The minimum atomic E-state index is -0.299. The van der Waals surface area contributed by atoms with Crippen LogP contribution in [0.25, 0.3) is 5.69 Å². The lowest BCUT2D eigenvalue weighted by atomic mass is 10.2. The summed E-state index contributed by atoms with van der Waals surface area (Å²) in [6.07, 6.45) is 0. The van der Waals surface area contributed by atoms with Crippen molar-refractivity contribution in [1.29, 1.82) is 0 Å². The zero-order valence-electron chi connectivity index (χ0n) is 13.6. The van der Waals surface area contributed by atoms with E-state index in [9.17, 15) is 4.79 Å². The molecule has 0 aliphatic heterocycles. The summed E-state index contributed by atoms with van der Waals surface area (Å²) >= 11 is 7.34. The Balaban J connectivity index is 1.63. The van der Waals surface area contributed by atoms with Crippen molar-refractivity contribution < 1.29 is 9.53 Å². The van der Waals surface area contributed by atoms with Crippen LogP contribution in [0.1, 0.15) is 11.4 Å². The summed E-state index contributed by atoms with van der Waals surface area (Å²) in [6.45, 7) is 2.12. The van der Waals surface area contributed by atoms with Crippen LogP contribution in [0.15, 0.2) is 59.8 Å². The predicted molar refractivity (Wildman–Crippen MR) is 98.1 cm³/mol. The minimum absolute atomic E-state index is 0.158. The predicted octanol–water partition coefficient (Wildman–Crippen LogP) is 4.06. The first-order chi connectivity index (χ1) is 12.1. The molecule has 3 aromatic rings. The number of aromatic nitrogens is 3. The van der Waals surface area contributed by atoms with Gasteiger partial charge < -0.3 is 4.74 Å². The van der Waals surface area contributed by atoms with Crippen molar-refractivity contribution in [2.24, 2.45) is 0 Å². The number of nitrogens with zero attached hydrogens (tertiary/aromatic N) is 3. The topological polar surface area (TPSA) is 57.0 Å². The molecule has 0 aliphatic rings. The number of halogens is 1. The summed E-state index contributed by atoms with van der Waals surface area (Å²) in [5, 5.41) is 9.48. The summed E-state index contributed by atoms with van der Waals surface area (Å²) < 4.78 is 7.15. The second kappa shape index (κ2) is 8.18. The van der Waals surface area contributed by atoms with Crippen molar-refractivity contribution in [2.45, 2.75) is 18.7 Å². The highest BCUT2D eigenvalue weighted by atomic mass is 35.5. The highest BCUT2D eigenvalue weighted by Crippen LogP contribution is 2.23. The van der Waals surface area contributed by atoms with Crippen LogP contribution >= 0.6 is 23.4 Å². The molecule has 0 atom stereocenters. The largest absolute Gasteiger partial charge is 0.460 e. The number of rotatable bonds is 6. The SMILES string of the molecule is Cc1nnc(SCC(=O)OCc2ccccc2)n1-c1cccc(Cl)c1. The number of thioether (sulfide) groups is 1. The van der Waals surface area contributed by atoms with Crippen LogP contribution in [0.3, 0.4) is 0 Å². The maximum absolute atomic E-state index is 12.0. The number of ether oxygens (including phenoxy) is 1. The Bertz CT molecular complexity index is 868. The zero-order valence-corrected chi connectivity index (χ0v) is 15.1. The fourth-order valence-electron chi connectivity index (χ4n) is 2.25. The summed E-state index contributed by atoms with van der Waals surface area (Å²) in [5.41, 5.74) is 1.81. The molecule has 5 nitrogen and oxygen atoms in total. The van der Waals surface area contributed by atoms with Gasteiger partial charge in [0.2, 0.25) is 0 Å². The molecular formula is C18H16ClN3O2S. The molecule has 7 heteroatoms. The van der Waals surface area contributed by atoms with Crippen molar-refractivity contribution in [1.82, 2.24) is 14.8 Å². The lowest BCUT2D eigenvalue weighted by Gasteiger charge is -2.09. The number of hydrogen-bond acceptors (Lipinski definition) is 5. The van der Waals surface area contributed by atoms with E-state index < -0.39 is 0 Å². The quantitative estimate of drug-likeness (QED) is 0.481. The Labute approximate surface area is 155 Å². The zero-order chi connectivity index (χ0) is 17.6. The third kappa shape index (κ3) is 4.61. The molecule has 128 valence electrons. The Kier molecular flexibility index (Phi) is 5.73. The average molecular weight is 374 g/mol. The normalized spacial score (nSPS) is 10.6. The van der Waals surface area contributed by atoms with E-state index in [1.54, 1.807) is 6.07 Å². The van der Waals surface area contributed by atoms with Gasteiger partial charge in [-0.1, -0.05) is 59.8 Å². The minimum Gasteiger partial charge on any atom is -0.460 e. The number of aryl methyl sites for hydroxylation is 1. The molecule has 0 fully saturated rings. The van der Waals surface area contributed by atoms with Gasteiger partial charge in [-0.25, -0.2) is 0 Å². The molecule has 0 radical (unpaired) electrons. The molecular weight excluding hydrogens is 358 g/mol. The van der Waals surface area contributed by atoms with Crippen LogP contribution in [0.4, 0.5) is 0 Å². The van der Waals surface area contributed by atoms with E-state index in [1.165, 1.54) is 11.8 Å². The molecule has 2 aromatic carbocycles. The van der Waals surface area contributed by atoms with Gasteiger partial charge in [-0.15, -0.1) is 10.2 Å². The Morgan fingerprint density at radius 2 is 1.96 bits per heavy atom. The van der Waals surface area contributed by atoms with Gasteiger partial charge in [-0.2, -0.15) is 0 Å². The molecule has 0 N–H and O–H groups in total. The van der Waals surface area contributed by atoms with Gasteiger partial charge in [0.1, 0.15) is 12.4 Å².